The lowest BCUT2D eigenvalue weighted by Gasteiger charge is -2.43. The molecule has 0 amide bonds. The number of fused-ring (bicyclic) bond motifs is 4. The van der Waals surface area contributed by atoms with Crippen molar-refractivity contribution in [3.8, 4) is 5.75 Å². The monoisotopic (exact) mass is 301 g/mol. The number of hydroxylamine groups is 2. The number of aromatic nitrogens is 2. The van der Waals surface area contributed by atoms with Gasteiger partial charge < -0.3 is 9.57 Å². The van der Waals surface area contributed by atoms with Crippen LogP contribution in [0.3, 0.4) is 0 Å². The Morgan fingerprint density at radius 2 is 2.14 bits per heavy atom. The highest BCUT2D eigenvalue weighted by atomic mass is 16.7. The molecular formula is C16H19N3O3. The van der Waals surface area contributed by atoms with Crippen molar-refractivity contribution in [2.45, 2.75) is 31.7 Å². The highest BCUT2D eigenvalue weighted by Gasteiger charge is 2.36. The van der Waals surface area contributed by atoms with E-state index in [1.165, 1.54) is 12.8 Å². The molecule has 116 valence electrons. The minimum atomic E-state index is -0.396. The summed E-state index contributed by atoms with van der Waals surface area (Å²) in [6, 6.07) is 5.85. The van der Waals surface area contributed by atoms with Crippen molar-refractivity contribution in [2.75, 3.05) is 13.7 Å². The number of hydrogen-bond acceptors (Lipinski definition) is 5. The second-order valence-electron chi connectivity index (χ2n) is 6.14. The first kappa shape index (κ1) is 13.6. The molecule has 2 aliphatic heterocycles. The van der Waals surface area contributed by atoms with Gasteiger partial charge in [-0.2, -0.15) is 5.10 Å². The Balaban J connectivity index is 1.57. The minimum absolute atomic E-state index is 0.315. The van der Waals surface area contributed by atoms with Gasteiger partial charge in [-0.3, -0.25) is 5.10 Å². The third kappa shape index (κ3) is 2.23. The first-order chi connectivity index (χ1) is 10.7. The van der Waals surface area contributed by atoms with E-state index in [0.29, 0.717) is 23.4 Å². The molecule has 0 unspecified atom stereocenters. The summed E-state index contributed by atoms with van der Waals surface area (Å²) in [5.41, 5.74) is 1.11. The molecule has 22 heavy (non-hydrogen) atoms. The van der Waals surface area contributed by atoms with Gasteiger partial charge in [-0.1, -0.05) is 0 Å². The molecule has 6 heteroatoms. The number of hydrogen-bond donors (Lipinski definition) is 1. The Labute approximate surface area is 128 Å². The number of nitrogens with one attached hydrogen (secondary N) is 1. The predicted molar refractivity (Wildman–Crippen MR) is 80.5 cm³/mol. The van der Waals surface area contributed by atoms with Crippen LogP contribution < -0.4 is 4.74 Å². The van der Waals surface area contributed by atoms with Crippen molar-refractivity contribution in [3.05, 3.63) is 23.9 Å². The Hall–Kier alpha value is -2.08. The molecule has 1 aromatic heterocycles. The molecule has 1 N–H and O–H groups in total. The van der Waals surface area contributed by atoms with Crippen LogP contribution in [0.5, 0.6) is 5.75 Å². The number of carbonyl (C=O) groups excluding carboxylic acids is 1. The maximum atomic E-state index is 12.5. The van der Waals surface area contributed by atoms with Gasteiger partial charge in [0.05, 0.1) is 12.6 Å². The number of nitrogens with zero attached hydrogens (tertiary/aromatic N) is 2. The third-order valence-corrected chi connectivity index (χ3v) is 4.83. The fraction of sp³-hybridized carbons (Fsp3) is 0.500. The lowest BCUT2D eigenvalue weighted by Crippen LogP contribution is -2.48. The van der Waals surface area contributed by atoms with E-state index in [4.69, 9.17) is 9.57 Å². The fourth-order valence-corrected chi connectivity index (χ4v) is 3.56. The molecule has 1 saturated carbocycles. The van der Waals surface area contributed by atoms with E-state index in [1.807, 2.05) is 17.2 Å². The van der Waals surface area contributed by atoms with Gasteiger partial charge in [0.25, 0.3) is 0 Å². The van der Waals surface area contributed by atoms with E-state index >= 15 is 0 Å². The third-order valence-electron chi connectivity index (χ3n) is 4.83. The van der Waals surface area contributed by atoms with E-state index < -0.39 is 5.97 Å². The van der Waals surface area contributed by atoms with E-state index in [1.54, 1.807) is 13.2 Å². The van der Waals surface area contributed by atoms with Crippen LogP contribution in [0.15, 0.2) is 18.2 Å². The van der Waals surface area contributed by atoms with E-state index in [-0.39, 0.29) is 0 Å². The average Bonchev–Trinajstić information content (AvgIpc) is 2.99. The highest BCUT2D eigenvalue weighted by Crippen LogP contribution is 2.35. The first-order valence-electron chi connectivity index (χ1n) is 7.75. The summed E-state index contributed by atoms with van der Waals surface area (Å²) in [7, 11) is 1.60. The Morgan fingerprint density at radius 1 is 1.32 bits per heavy atom. The Morgan fingerprint density at radius 3 is 2.82 bits per heavy atom. The minimum Gasteiger partial charge on any atom is -0.497 e. The standard InChI is InChI=1S/C16H19N3O3/c1-21-12-6-7-14-13(8-12)15(18-17-14)16(20)22-19-9-10-2-4-11(19)5-3-10/h6-8,10-11H,2-5,9H2,1H3,(H,17,18). The summed E-state index contributed by atoms with van der Waals surface area (Å²) in [5, 5.41) is 9.57. The number of benzene rings is 1. The second kappa shape index (κ2) is 5.28. The molecule has 1 aromatic carbocycles. The molecule has 1 aliphatic carbocycles. The molecule has 2 saturated heterocycles. The molecule has 2 bridgehead atoms. The molecule has 3 heterocycles. The number of methoxy groups -OCH3 is 1. The summed E-state index contributed by atoms with van der Waals surface area (Å²) in [5.74, 6) is 0.959. The SMILES string of the molecule is COc1ccc2[nH]nc(C(=O)ON3CC4CCC3CC4)c2c1. The van der Waals surface area contributed by atoms with E-state index in [9.17, 15) is 4.79 Å². The van der Waals surface area contributed by atoms with Crippen molar-refractivity contribution in [2.24, 2.45) is 5.92 Å². The zero-order chi connectivity index (χ0) is 15.1. The van der Waals surface area contributed by atoms with Gasteiger partial charge in [-0.25, -0.2) is 4.79 Å². The topological polar surface area (TPSA) is 67.4 Å². The normalized spacial score (nSPS) is 24.6. The summed E-state index contributed by atoms with van der Waals surface area (Å²) < 4.78 is 5.21. The predicted octanol–water partition coefficient (Wildman–Crippen LogP) is 2.52. The zero-order valence-corrected chi connectivity index (χ0v) is 12.5. The number of rotatable bonds is 3. The van der Waals surface area contributed by atoms with Crippen molar-refractivity contribution in [1.82, 2.24) is 15.3 Å². The molecule has 6 nitrogen and oxygen atoms in total. The summed E-state index contributed by atoms with van der Waals surface area (Å²) in [4.78, 5) is 18.1. The molecular weight excluding hydrogens is 282 g/mol. The summed E-state index contributed by atoms with van der Waals surface area (Å²) >= 11 is 0. The number of aromatic amines is 1. The lowest BCUT2D eigenvalue weighted by atomic mass is 9.81. The molecule has 5 rings (SSSR count). The van der Waals surface area contributed by atoms with Crippen LogP contribution in [0.2, 0.25) is 0 Å². The lowest BCUT2D eigenvalue weighted by molar-refractivity contribution is -0.180. The molecule has 3 fully saturated rings. The largest absolute Gasteiger partial charge is 0.497 e. The first-order valence-corrected chi connectivity index (χ1v) is 7.75. The Kier molecular flexibility index (Phi) is 3.26. The summed E-state index contributed by atoms with van der Waals surface area (Å²) in [6.07, 6.45) is 4.74. The van der Waals surface area contributed by atoms with Crippen molar-refractivity contribution < 1.29 is 14.4 Å². The van der Waals surface area contributed by atoms with Crippen LogP contribution in [0.1, 0.15) is 36.2 Å². The van der Waals surface area contributed by atoms with Gasteiger partial charge in [0.15, 0.2) is 5.69 Å². The summed E-state index contributed by atoms with van der Waals surface area (Å²) in [6.45, 7) is 0.849. The Bertz CT molecular complexity index is 704. The van der Waals surface area contributed by atoms with Crippen LogP contribution in [-0.2, 0) is 4.84 Å². The second-order valence-corrected chi connectivity index (χ2v) is 6.14. The van der Waals surface area contributed by atoms with Crippen LogP contribution >= 0.6 is 0 Å². The van der Waals surface area contributed by atoms with Crippen molar-refractivity contribution in [1.29, 1.82) is 0 Å². The van der Waals surface area contributed by atoms with Crippen LogP contribution in [0.4, 0.5) is 0 Å². The number of piperidine rings is 2. The quantitative estimate of drug-likeness (QED) is 0.943. The van der Waals surface area contributed by atoms with Gasteiger partial charge in [-0.15, -0.1) is 5.06 Å². The zero-order valence-electron chi connectivity index (χ0n) is 12.5. The van der Waals surface area contributed by atoms with Gasteiger partial charge in [0.1, 0.15) is 5.75 Å². The van der Waals surface area contributed by atoms with Crippen molar-refractivity contribution >= 4 is 16.9 Å². The van der Waals surface area contributed by atoms with Gasteiger partial charge in [0.2, 0.25) is 0 Å². The van der Waals surface area contributed by atoms with E-state index in [2.05, 4.69) is 10.2 Å². The van der Waals surface area contributed by atoms with Crippen LogP contribution in [0, 0.1) is 5.92 Å². The average molecular weight is 301 g/mol. The number of carbonyl (C=O) groups is 1. The van der Waals surface area contributed by atoms with Gasteiger partial charge in [-0.05, 0) is 49.8 Å². The number of ether oxygens (including phenoxy) is 1. The van der Waals surface area contributed by atoms with Gasteiger partial charge in [0, 0.05) is 18.0 Å². The molecule has 0 atom stereocenters. The number of H-pyrrole nitrogens is 1. The molecule has 3 aliphatic rings. The maximum Gasteiger partial charge on any atom is 0.378 e. The maximum absolute atomic E-state index is 12.5. The smallest absolute Gasteiger partial charge is 0.378 e. The van der Waals surface area contributed by atoms with Crippen LogP contribution in [0.25, 0.3) is 10.9 Å². The molecule has 2 aromatic rings. The fourth-order valence-electron chi connectivity index (χ4n) is 3.56. The highest BCUT2D eigenvalue weighted by molar-refractivity contribution is 6.02. The van der Waals surface area contributed by atoms with E-state index in [0.717, 1.165) is 30.3 Å². The molecule has 0 radical (unpaired) electrons. The van der Waals surface area contributed by atoms with Gasteiger partial charge >= 0.3 is 5.97 Å². The van der Waals surface area contributed by atoms with Crippen LogP contribution in [-0.4, -0.2) is 40.9 Å². The van der Waals surface area contributed by atoms with Crippen molar-refractivity contribution in [3.63, 3.8) is 0 Å². The molecule has 0 spiro atoms.